The molecule has 2 aromatic heterocycles. The zero-order chi connectivity index (χ0) is 22.2. The third kappa shape index (κ3) is 5.74. The number of aryl methyl sites for hydroxylation is 4. The Labute approximate surface area is 238 Å². The van der Waals surface area contributed by atoms with Crippen LogP contribution in [-0.4, -0.2) is 9.13 Å². The van der Waals surface area contributed by atoms with Crippen LogP contribution in [0.5, 0.6) is 0 Å². The Hall–Kier alpha value is -2.33. The van der Waals surface area contributed by atoms with Gasteiger partial charge in [-0.3, -0.25) is 0 Å². The first kappa shape index (κ1) is 28.9. The molecule has 2 heterocycles. The Morgan fingerprint density at radius 2 is 0.829 bits per heavy atom. The number of benzene rings is 2. The summed E-state index contributed by atoms with van der Waals surface area (Å²) in [5, 5.41) is 5.46. The second-order valence-corrected chi connectivity index (χ2v) is 8.66. The average molecular weight is 666 g/mol. The molecule has 2 nitrogen and oxygen atoms in total. The van der Waals surface area contributed by atoms with Gasteiger partial charge in [0.2, 0.25) is 0 Å². The molecule has 0 radical (unpaired) electrons. The van der Waals surface area contributed by atoms with E-state index in [1.165, 1.54) is 55.2 Å². The molecule has 0 bridgehead atoms. The number of rotatable bonds is 2. The van der Waals surface area contributed by atoms with Crippen molar-refractivity contribution in [1.29, 1.82) is 0 Å². The summed E-state index contributed by atoms with van der Waals surface area (Å²) in [4.78, 5) is 0. The van der Waals surface area contributed by atoms with E-state index in [1.54, 1.807) is 0 Å². The minimum atomic E-state index is 0. The minimum Gasteiger partial charge on any atom is -1.00 e. The Bertz CT molecular complexity index is 1310. The Kier molecular flexibility index (Phi) is 9.97. The predicted molar refractivity (Wildman–Crippen MR) is 137 cm³/mol. The van der Waals surface area contributed by atoms with E-state index in [4.69, 9.17) is 0 Å². The van der Waals surface area contributed by atoms with Crippen molar-refractivity contribution < 1.29 is 50.7 Å². The number of hydrogen-bond acceptors (Lipinski definition) is 0. The molecular formula is C30H28Cl2HfN2. The van der Waals surface area contributed by atoms with Crippen molar-refractivity contribution in [1.82, 2.24) is 9.13 Å². The topological polar surface area (TPSA) is 9.86 Å². The fraction of sp³-hybridized carbons (Fsp3) is 0.133. The van der Waals surface area contributed by atoms with E-state index in [1.807, 2.05) is 0 Å². The monoisotopic (exact) mass is 666 g/mol. The molecule has 0 amide bonds. The molecule has 0 unspecified atom stereocenters. The van der Waals surface area contributed by atoms with Gasteiger partial charge in [0.1, 0.15) is 0 Å². The second kappa shape index (κ2) is 12.1. The molecule has 5 heteroatoms. The van der Waals surface area contributed by atoms with Crippen LogP contribution in [0.4, 0.5) is 0 Å². The van der Waals surface area contributed by atoms with Gasteiger partial charge in [-0.05, 0) is 49.5 Å². The smallest absolute Gasteiger partial charge is 1.00 e. The fourth-order valence-corrected chi connectivity index (χ4v) is 4.46. The van der Waals surface area contributed by atoms with E-state index >= 15 is 0 Å². The molecular weight excluding hydrogens is 638 g/mol. The molecule has 6 aromatic rings. The molecule has 4 aromatic carbocycles. The van der Waals surface area contributed by atoms with Crippen molar-refractivity contribution in [2.75, 3.05) is 0 Å². The van der Waals surface area contributed by atoms with Crippen molar-refractivity contribution in [3.8, 4) is 11.4 Å². The van der Waals surface area contributed by atoms with E-state index in [0.29, 0.717) is 0 Å². The molecule has 0 saturated carbocycles. The normalized spacial score (nSPS) is 10.2. The summed E-state index contributed by atoms with van der Waals surface area (Å²) >= 11 is 0. The molecule has 0 aliphatic rings. The molecule has 0 spiro atoms. The maximum absolute atomic E-state index is 2.26. The van der Waals surface area contributed by atoms with Gasteiger partial charge in [0.25, 0.3) is 0 Å². The standard InChI is InChI=1S/2C15H14N.2ClH.Hf/c2*1-11-5-6-12(2)15-10-13(9-14(11)15)16-7-3-4-8-16;;;/h2*3-10H,1-2H3;2*1H;/q2*-1;;;+4/p-2. The third-order valence-electron chi connectivity index (χ3n) is 6.42. The Morgan fingerprint density at radius 3 is 1.14 bits per heavy atom. The number of halogens is 2. The Morgan fingerprint density at radius 1 is 0.514 bits per heavy atom. The van der Waals surface area contributed by atoms with Crippen molar-refractivity contribution in [2.45, 2.75) is 27.7 Å². The molecule has 6 rings (SSSR count). The molecule has 0 aliphatic heterocycles. The van der Waals surface area contributed by atoms with Crippen LogP contribution in [0.3, 0.4) is 0 Å². The zero-order valence-electron chi connectivity index (χ0n) is 20.4. The van der Waals surface area contributed by atoms with E-state index in [9.17, 15) is 0 Å². The zero-order valence-corrected chi connectivity index (χ0v) is 25.5. The predicted octanol–water partition coefficient (Wildman–Crippen LogP) is 1.94. The van der Waals surface area contributed by atoms with Crippen LogP contribution in [0.1, 0.15) is 22.3 Å². The van der Waals surface area contributed by atoms with Crippen molar-refractivity contribution in [2.24, 2.45) is 0 Å². The van der Waals surface area contributed by atoms with Crippen molar-refractivity contribution in [3.05, 3.63) is 120 Å². The van der Waals surface area contributed by atoms with Gasteiger partial charge in [-0.15, -0.1) is 69.1 Å². The summed E-state index contributed by atoms with van der Waals surface area (Å²) in [6.45, 7) is 8.67. The van der Waals surface area contributed by atoms with E-state index in [0.717, 1.165) is 0 Å². The van der Waals surface area contributed by atoms with Gasteiger partial charge in [0.05, 0.1) is 0 Å². The second-order valence-electron chi connectivity index (χ2n) is 8.66. The summed E-state index contributed by atoms with van der Waals surface area (Å²) in [5.74, 6) is 0. The maximum atomic E-state index is 2.26. The molecule has 0 fully saturated rings. The minimum absolute atomic E-state index is 0. The van der Waals surface area contributed by atoms with Gasteiger partial charge in [-0.2, -0.15) is 0 Å². The first-order chi connectivity index (χ1) is 15.5. The van der Waals surface area contributed by atoms with Gasteiger partial charge in [-0.1, -0.05) is 37.1 Å². The van der Waals surface area contributed by atoms with Crippen LogP contribution in [0.2, 0.25) is 0 Å². The molecule has 0 atom stereocenters. The van der Waals surface area contributed by atoms with Crippen LogP contribution < -0.4 is 24.8 Å². The van der Waals surface area contributed by atoms with Crippen molar-refractivity contribution in [3.63, 3.8) is 0 Å². The maximum Gasteiger partial charge on any atom is 4.00 e. The first-order valence-electron chi connectivity index (χ1n) is 11.1. The van der Waals surface area contributed by atoms with Crippen LogP contribution in [0.25, 0.3) is 32.9 Å². The SMILES string of the molecule is Cc1ccc(C)c2[cH-]c(-n3cccc3)cc12.Cc1ccc(C)c2[cH-]c(-n3cccc3)cc12.[Cl-].[Cl-].[Hf+4]. The van der Waals surface area contributed by atoms with Crippen LogP contribution >= 0.6 is 0 Å². The number of fused-ring (bicyclic) bond motifs is 2. The fourth-order valence-electron chi connectivity index (χ4n) is 4.46. The number of aromatic nitrogens is 2. The Balaban J connectivity index is 0.000000227. The summed E-state index contributed by atoms with van der Waals surface area (Å²) in [6, 6.07) is 26.0. The molecule has 35 heavy (non-hydrogen) atoms. The van der Waals surface area contributed by atoms with Crippen LogP contribution in [0, 0.1) is 27.7 Å². The summed E-state index contributed by atoms with van der Waals surface area (Å²) < 4.78 is 4.30. The van der Waals surface area contributed by atoms with Gasteiger partial charge in [-0.25, -0.2) is 0 Å². The van der Waals surface area contributed by atoms with E-state index in [2.05, 4.69) is 134 Å². The average Bonchev–Trinajstić information content (AvgIpc) is 3.58. The summed E-state index contributed by atoms with van der Waals surface area (Å²) in [7, 11) is 0. The van der Waals surface area contributed by atoms with E-state index < -0.39 is 0 Å². The number of nitrogens with zero attached hydrogens (tertiary/aromatic N) is 2. The summed E-state index contributed by atoms with van der Waals surface area (Å²) in [5.41, 5.74) is 7.88. The molecule has 176 valence electrons. The van der Waals surface area contributed by atoms with Crippen LogP contribution in [-0.2, 0) is 25.8 Å². The summed E-state index contributed by atoms with van der Waals surface area (Å²) in [6.07, 6.45) is 8.33. The largest absolute Gasteiger partial charge is 4.00 e. The van der Waals surface area contributed by atoms with E-state index in [-0.39, 0.29) is 50.7 Å². The third-order valence-corrected chi connectivity index (χ3v) is 6.42. The van der Waals surface area contributed by atoms with Crippen LogP contribution in [0.15, 0.2) is 97.6 Å². The quantitative estimate of drug-likeness (QED) is 0.198. The van der Waals surface area contributed by atoms with Crippen molar-refractivity contribution >= 4 is 21.5 Å². The van der Waals surface area contributed by atoms with Gasteiger partial charge in [0.15, 0.2) is 0 Å². The van der Waals surface area contributed by atoms with Gasteiger partial charge < -0.3 is 33.9 Å². The molecule has 0 aliphatic carbocycles. The van der Waals surface area contributed by atoms with Gasteiger partial charge in [0, 0.05) is 24.8 Å². The first-order valence-corrected chi connectivity index (χ1v) is 11.1. The van der Waals surface area contributed by atoms with Gasteiger partial charge >= 0.3 is 25.8 Å². The molecule has 0 saturated heterocycles. The molecule has 0 N–H and O–H groups in total. The number of hydrogen-bond donors (Lipinski definition) is 0.